The third-order valence-corrected chi connectivity index (χ3v) is 7.88. The molecule has 2 bridgehead atoms. The fourth-order valence-corrected chi connectivity index (χ4v) is 6.70. The minimum Gasteiger partial charge on any atom is -0.309 e. The topological polar surface area (TPSA) is 4.93 Å². The maximum atomic E-state index is 6.45. The second-order valence-electron chi connectivity index (χ2n) is 9.84. The average molecular weight is 414 g/mol. The van der Waals surface area contributed by atoms with Crippen LogP contribution in [0.15, 0.2) is 60.7 Å². The van der Waals surface area contributed by atoms with Crippen LogP contribution in [0.5, 0.6) is 0 Å². The highest BCUT2D eigenvalue weighted by atomic mass is 35.5. The minimum atomic E-state index is 0.624. The molecule has 2 aliphatic carbocycles. The van der Waals surface area contributed by atoms with E-state index in [0.717, 1.165) is 16.9 Å². The van der Waals surface area contributed by atoms with Crippen molar-refractivity contribution in [2.45, 2.75) is 51.4 Å². The van der Waals surface area contributed by atoms with Crippen LogP contribution >= 0.6 is 11.6 Å². The zero-order valence-electron chi connectivity index (χ0n) is 17.7. The van der Waals surface area contributed by atoms with Crippen LogP contribution in [0, 0.1) is 11.8 Å². The van der Waals surface area contributed by atoms with Crippen LogP contribution in [0.3, 0.4) is 0 Å². The van der Waals surface area contributed by atoms with Gasteiger partial charge in [0.1, 0.15) is 0 Å². The van der Waals surface area contributed by atoms with Crippen LogP contribution in [0.1, 0.15) is 62.5 Å². The molecule has 152 valence electrons. The van der Waals surface area contributed by atoms with Crippen molar-refractivity contribution in [3.05, 3.63) is 76.8 Å². The molecule has 0 N–H and O–H groups in total. The van der Waals surface area contributed by atoms with Gasteiger partial charge in [-0.2, -0.15) is 0 Å². The fourth-order valence-electron chi connectivity index (χ4n) is 6.53. The molecule has 1 aromatic heterocycles. The van der Waals surface area contributed by atoms with Gasteiger partial charge in [0.25, 0.3) is 0 Å². The van der Waals surface area contributed by atoms with Gasteiger partial charge in [-0.05, 0) is 103 Å². The van der Waals surface area contributed by atoms with E-state index in [9.17, 15) is 0 Å². The van der Waals surface area contributed by atoms with Crippen LogP contribution in [0.4, 0.5) is 0 Å². The molecule has 30 heavy (non-hydrogen) atoms. The van der Waals surface area contributed by atoms with Gasteiger partial charge in [-0.1, -0.05) is 43.6 Å². The second-order valence-corrected chi connectivity index (χ2v) is 10.3. The van der Waals surface area contributed by atoms with Crippen molar-refractivity contribution >= 4 is 33.4 Å². The van der Waals surface area contributed by atoms with Gasteiger partial charge in [0, 0.05) is 21.5 Å². The normalized spacial score (nSPS) is 26.0. The van der Waals surface area contributed by atoms with Gasteiger partial charge >= 0.3 is 0 Å². The summed E-state index contributed by atoms with van der Waals surface area (Å²) in [4.78, 5) is 0. The molecule has 0 radical (unpaired) electrons. The van der Waals surface area contributed by atoms with E-state index in [1.54, 1.807) is 11.1 Å². The van der Waals surface area contributed by atoms with E-state index in [1.165, 1.54) is 53.2 Å². The Labute approximate surface area is 183 Å². The third kappa shape index (κ3) is 2.82. The Hall–Kier alpha value is -2.25. The van der Waals surface area contributed by atoms with Gasteiger partial charge in [0.15, 0.2) is 0 Å². The lowest BCUT2D eigenvalue weighted by molar-refractivity contribution is 0.244. The predicted octanol–water partition coefficient (Wildman–Crippen LogP) is 8.46. The van der Waals surface area contributed by atoms with Crippen LogP contribution in [-0.2, 0) is 0 Å². The van der Waals surface area contributed by atoms with Gasteiger partial charge < -0.3 is 4.57 Å². The van der Waals surface area contributed by atoms with E-state index in [1.807, 2.05) is 6.07 Å². The number of halogens is 1. The lowest BCUT2D eigenvalue weighted by atomic mass is 9.73. The maximum Gasteiger partial charge on any atom is 0.0544 e. The highest BCUT2D eigenvalue weighted by Gasteiger charge is 2.34. The summed E-state index contributed by atoms with van der Waals surface area (Å²) in [5.41, 5.74) is 6.96. The summed E-state index contributed by atoms with van der Waals surface area (Å²) in [6.07, 6.45) is 5.43. The van der Waals surface area contributed by atoms with Crippen LogP contribution < -0.4 is 0 Å². The molecule has 1 saturated carbocycles. The molecule has 6 rings (SSSR count). The van der Waals surface area contributed by atoms with Crippen molar-refractivity contribution in [3.63, 3.8) is 0 Å². The molecule has 3 aromatic carbocycles. The Morgan fingerprint density at radius 1 is 0.767 bits per heavy atom. The predicted molar refractivity (Wildman–Crippen MR) is 128 cm³/mol. The summed E-state index contributed by atoms with van der Waals surface area (Å²) in [5.74, 6) is 3.04. The second kappa shape index (κ2) is 6.89. The molecule has 0 spiro atoms. The number of fused-ring (bicyclic) bond motifs is 7. The van der Waals surface area contributed by atoms with Gasteiger partial charge in [0.05, 0.1) is 11.0 Å². The van der Waals surface area contributed by atoms with Crippen LogP contribution in [0.2, 0.25) is 5.02 Å². The number of aromatic nitrogens is 1. The van der Waals surface area contributed by atoms with E-state index >= 15 is 0 Å². The van der Waals surface area contributed by atoms with Crippen molar-refractivity contribution in [2.24, 2.45) is 11.8 Å². The summed E-state index contributed by atoms with van der Waals surface area (Å²) in [7, 11) is 0. The number of rotatable bonds is 1. The first-order chi connectivity index (χ1) is 14.6. The van der Waals surface area contributed by atoms with Gasteiger partial charge in [-0.25, -0.2) is 0 Å². The van der Waals surface area contributed by atoms with Crippen molar-refractivity contribution in [1.82, 2.24) is 4.57 Å². The standard InChI is InChI=1S/C28H28ClN/c1-17-10-19-12-18(2)23-15-26-25-14-21(29)8-9-27(25)30(22-6-4-3-5-7-22)28(26)16-24(23)20(11-17)13-19/h3-9,14-20H,10-13H2,1-2H3. The van der Waals surface area contributed by atoms with E-state index in [4.69, 9.17) is 11.6 Å². The first-order valence-electron chi connectivity index (χ1n) is 11.4. The quantitative estimate of drug-likeness (QED) is 0.295. The molecular weight excluding hydrogens is 386 g/mol. The molecular formula is C28H28ClN. The Balaban J connectivity index is 1.69. The molecule has 4 aromatic rings. The highest BCUT2D eigenvalue weighted by Crippen LogP contribution is 2.50. The van der Waals surface area contributed by atoms with Crippen molar-refractivity contribution in [3.8, 4) is 5.69 Å². The Kier molecular flexibility index (Phi) is 4.25. The zero-order chi connectivity index (χ0) is 20.4. The molecule has 2 heteroatoms. The number of para-hydroxylation sites is 1. The molecule has 1 nitrogen and oxygen atoms in total. The number of benzene rings is 3. The van der Waals surface area contributed by atoms with Gasteiger partial charge in [-0.15, -0.1) is 0 Å². The minimum absolute atomic E-state index is 0.624. The summed E-state index contributed by atoms with van der Waals surface area (Å²) < 4.78 is 2.43. The Morgan fingerprint density at radius 3 is 2.40 bits per heavy atom. The SMILES string of the molecule is CC1CC2CC(C)c3cc4c5cc(Cl)ccc5n(-c5ccccc5)c4cc3C(C1)C2. The van der Waals surface area contributed by atoms with Crippen molar-refractivity contribution in [1.29, 1.82) is 0 Å². The fraction of sp³-hybridized carbons (Fsp3) is 0.357. The van der Waals surface area contributed by atoms with E-state index < -0.39 is 0 Å². The smallest absolute Gasteiger partial charge is 0.0544 e. The monoisotopic (exact) mass is 413 g/mol. The summed E-state index contributed by atoms with van der Waals surface area (Å²) in [6, 6.07) is 22.1. The Bertz CT molecular complexity index is 1250. The van der Waals surface area contributed by atoms with Crippen molar-refractivity contribution in [2.75, 3.05) is 0 Å². The highest BCUT2D eigenvalue weighted by molar-refractivity contribution is 6.32. The van der Waals surface area contributed by atoms with Crippen LogP contribution in [-0.4, -0.2) is 4.57 Å². The first-order valence-corrected chi connectivity index (χ1v) is 11.8. The van der Waals surface area contributed by atoms with Crippen LogP contribution in [0.25, 0.3) is 27.5 Å². The van der Waals surface area contributed by atoms with E-state index in [0.29, 0.717) is 11.8 Å². The lowest BCUT2D eigenvalue weighted by Gasteiger charge is -2.32. The van der Waals surface area contributed by atoms with Crippen molar-refractivity contribution < 1.29 is 0 Å². The summed E-state index contributed by atoms with van der Waals surface area (Å²) in [5, 5.41) is 3.41. The summed E-state index contributed by atoms with van der Waals surface area (Å²) >= 11 is 6.45. The summed E-state index contributed by atoms with van der Waals surface area (Å²) in [6.45, 7) is 4.90. The number of nitrogens with zero attached hydrogens (tertiary/aromatic N) is 1. The molecule has 1 fully saturated rings. The maximum absolute atomic E-state index is 6.45. The lowest BCUT2D eigenvalue weighted by Crippen LogP contribution is -2.18. The molecule has 2 aliphatic rings. The third-order valence-electron chi connectivity index (χ3n) is 7.64. The average Bonchev–Trinajstić information content (AvgIpc) is 3.01. The molecule has 0 saturated heterocycles. The van der Waals surface area contributed by atoms with Gasteiger partial charge in [0.2, 0.25) is 0 Å². The van der Waals surface area contributed by atoms with Gasteiger partial charge in [-0.3, -0.25) is 0 Å². The molecule has 1 heterocycles. The van der Waals surface area contributed by atoms with E-state index in [2.05, 4.69) is 73.0 Å². The number of hydrogen-bond donors (Lipinski definition) is 0. The van der Waals surface area contributed by atoms with E-state index in [-0.39, 0.29) is 0 Å². The molecule has 4 unspecified atom stereocenters. The first kappa shape index (κ1) is 18.5. The number of hydrogen-bond acceptors (Lipinski definition) is 0. The Morgan fingerprint density at radius 2 is 1.57 bits per heavy atom. The molecule has 0 aliphatic heterocycles. The molecule has 0 amide bonds. The molecule has 4 atom stereocenters. The zero-order valence-corrected chi connectivity index (χ0v) is 18.5. The largest absolute Gasteiger partial charge is 0.309 e.